The van der Waals surface area contributed by atoms with Crippen molar-refractivity contribution in [2.45, 2.75) is 137 Å². The summed E-state index contributed by atoms with van der Waals surface area (Å²) in [6.07, 6.45) is 16.6. The van der Waals surface area contributed by atoms with E-state index in [0.717, 1.165) is 43.0 Å². The number of nitrogens with zero attached hydrogens (tertiary/aromatic N) is 1. The van der Waals surface area contributed by atoms with Crippen LogP contribution in [0.2, 0.25) is 5.02 Å². The molecule has 2 aliphatic carbocycles. The maximum Gasteiger partial charge on any atom is 0.251 e. The van der Waals surface area contributed by atoms with Crippen LogP contribution in [0.5, 0.6) is 0 Å². The van der Waals surface area contributed by atoms with Gasteiger partial charge in [0.15, 0.2) is 0 Å². The second-order valence-electron chi connectivity index (χ2n) is 13.8. The van der Waals surface area contributed by atoms with Crippen LogP contribution >= 0.6 is 11.6 Å². The lowest BCUT2D eigenvalue weighted by atomic mass is 9.60. The van der Waals surface area contributed by atoms with Crippen molar-refractivity contribution in [1.82, 2.24) is 10.6 Å². The van der Waals surface area contributed by atoms with Gasteiger partial charge in [-0.3, -0.25) is 9.59 Å². The zero-order valence-corrected chi connectivity index (χ0v) is 27.3. The minimum atomic E-state index is -0.578. The van der Waals surface area contributed by atoms with Gasteiger partial charge in [0.1, 0.15) is 0 Å². The normalized spacial score (nSPS) is 30.3. The summed E-state index contributed by atoms with van der Waals surface area (Å²) in [5.74, 6) is 1.30. The molecule has 1 aromatic carbocycles. The van der Waals surface area contributed by atoms with Crippen LogP contribution in [0.25, 0.3) is 0 Å². The molecular weight excluding hydrogens is 530 g/mol. The number of halogens is 1. The summed E-state index contributed by atoms with van der Waals surface area (Å²) in [5, 5.41) is 7.20. The summed E-state index contributed by atoms with van der Waals surface area (Å²) in [4.78, 5) is 30.4. The smallest absolute Gasteiger partial charge is 0.251 e. The van der Waals surface area contributed by atoms with E-state index >= 15 is 0 Å². The van der Waals surface area contributed by atoms with E-state index in [1.165, 1.54) is 70.6 Å². The van der Waals surface area contributed by atoms with Gasteiger partial charge < -0.3 is 15.5 Å². The second kappa shape index (κ2) is 14.6. The molecule has 4 rings (SSSR count). The minimum absolute atomic E-state index is 0.113. The topological polar surface area (TPSA) is 61.4 Å². The Morgan fingerprint density at radius 1 is 0.976 bits per heavy atom. The highest BCUT2D eigenvalue weighted by Crippen LogP contribution is 2.46. The minimum Gasteiger partial charge on any atom is -0.369 e. The highest BCUT2D eigenvalue weighted by Gasteiger charge is 2.52. The summed E-state index contributed by atoms with van der Waals surface area (Å²) in [6.45, 7) is 12.2. The van der Waals surface area contributed by atoms with E-state index in [1.807, 2.05) is 12.1 Å². The molecule has 6 heteroatoms. The van der Waals surface area contributed by atoms with Gasteiger partial charge in [-0.05, 0) is 101 Å². The zero-order valence-electron chi connectivity index (χ0n) is 26.5. The van der Waals surface area contributed by atoms with Crippen LogP contribution in [-0.2, 0) is 4.79 Å². The van der Waals surface area contributed by atoms with Crippen molar-refractivity contribution in [2.75, 3.05) is 18.0 Å². The Kier molecular flexibility index (Phi) is 11.5. The van der Waals surface area contributed by atoms with E-state index in [1.54, 1.807) is 0 Å². The third-order valence-electron chi connectivity index (χ3n) is 10.9. The Balaban J connectivity index is 1.59. The predicted octanol–water partition coefficient (Wildman–Crippen LogP) is 8.45. The summed E-state index contributed by atoms with van der Waals surface area (Å²) in [5.41, 5.74) is 2.11. The lowest BCUT2D eigenvalue weighted by Gasteiger charge is -2.49. The number of carbonyl (C=O) groups excluding carboxylic acids is 2. The van der Waals surface area contributed by atoms with Crippen LogP contribution in [-0.4, -0.2) is 37.0 Å². The highest BCUT2D eigenvalue weighted by molar-refractivity contribution is 6.31. The largest absolute Gasteiger partial charge is 0.369 e. The molecule has 2 N–H and O–H groups in total. The fourth-order valence-corrected chi connectivity index (χ4v) is 8.61. The second-order valence-corrected chi connectivity index (χ2v) is 14.2. The standard InChI is InChI=1S/C35H56ClN3O2/c1-6-39(30-18-16-24(2)17-19-30)32-22-29(36)21-31(27(32)5)33(40)37-23-35(25(3)20-26(4)38-34(35)41)28-14-12-10-8-7-9-11-13-15-28/h21-22,24-26,28,30H,6-20,23H2,1-5H3,(H,37,40)(H,38,41). The van der Waals surface area contributed by atoms with Gasteiger partial charge in [-0.1, -0.05) is 70.4 Å². The van der Waals surface area contributed by atoms with Crippen molar-refractivity contribution in [1.29, 1.82) is 0 Å². The van der Waals surface area contributed by atoms with Crippen LogP contribution in [0, 0.1) is 30.1 Å². The molecule has 5 nitrogen and oxygen atoms in total. The van der Waals surface area contributed by atoms with Gasteiger partial charge in [-0.2, -0.15) is 0 Å². The number of carbonyl (C=O) groups is 2. The SMILES string of the molecule is CCN(c1cc(Cl)cc(C(=O)NCC2(C3CCCCCCCCC3)C(=O)NC(C)CC2C)c1C)C1CCC(C)CC1. The van der Waals surface area contributed by atoms with E-state index in [0.29, 0.717) is 23.2 Å². The first-order valence-corrected chi connectivity index (χ1v) is 17.2. The molecule has 1 saturated heterocycles. The van der Waals surface area contributed by atoms with E-state index in [9.17, 15) is 9.59 Å². The maximum atomic E-state index is 13.9. The molecule has 0 bridgehead atoms. The van der Waals surface area contributed by atoms with Gasteiger partial charge in [0.2, 0.25) is 5.91 Å². The van der Waals surface area contributed by atoms with Crippen LogP contribution < -0.4 is 15.5 Å². The molecule has 230 valence electrons. The van der Waals surface area contributed by atoms with Gasteiger partial charge in [0.25, 0.3) is 5.91 Å². The zero-order chi connectivity index (χ0) is 29.6. The van der Waals surface area contributed by atoms with Gasteiger partial charge >= 0.3 is 0 Å². The van der Waals surface area contributed by atoms with E-state index in [4.69, 9.17) is 11.6 Å². The number of benzene rings is 1. The molecule has 0 radical (unpaired) electrons. The van der Waals surface area contributed by atoms with Crippen LogP contribution in [0.3, 0.4) is 0 Å². The summed E-state index contributed by atoms with van der Waals surface area (Å²) < 4.78 is 0. The lowest BCUT2D eigenvalue weighted by Crippen LogP contribution is -2.61. The molecule has 3 fully saturated rings. The molecule has 3 unspecified atom stereocenters. The fourth-order valence-electron chi connectivity index (χ4n) is 8.39. The van der Waals surface area contributed by atoms with Crippen molar-refractivity contribution in [3.63, 3.8) is 0 Å². The Bertz CT molecular complexity index is 1030. The van der Waals surface area contributed by atoms with Crippen molar-refractivity contribution >= 4 is 29.1 Å². The third-order valence-corrected chi connectivity index (χ3v) is 11.1. The first-order valence-electron chi connectivity index (χ1n) is 16.8. The molecule has 2 amide bonds. The van der Waals surface area contributed by atoms with Gasteiger partial charge in [0.05, 0.1) is 5.41 Å². The van der Waals surface area contributed by atoms with Crippen LogP contribution in [0.4, 0.5) is 5.69 Å². The first kappa shape index (κ1) is 32.2. The Morgan fingerprint density at radius 2 is 1.59 bits per heavy atom. The molecule has 3 atom stereocenters. The number of nitrogens with one attached hydrogen (secondary N) is 2. The Labute approximate surface area is 254 Å². The highest BCUT2D eigenvalue weighted by atomic mass is 35.5. The van der Waals surface area contributed by atoms with Crippen molar-refractivity contribution in [3.05, 3.63) is 28.3 Å². The Morgan fingerprint density at radius 3 is 2.17 bits per heavy atom. The molecule has 3 aliphatic rings. The molecular formula is C35H56ClN3O2. The number of rotatable bonds is 7. The molecule has 0 spiro atoms. The van der Waals surface area contributed by atoms with E-state index in [-0.39, 0.29) is 29.7 Å². The molecule has 1 heterocycles. The number of anilines is 1. The van der Waals surface area contributed by atoms with Crippen LogP contribution in [0.15, 0.2) is 12.1 Å². The average molecular weight is 586 g/mol. The number of piperidine rings is 1. The summed E-state index contributed by atoms with van der Waals surface area (Å²) >= 11 is 6.68. The fraction of sp³-hybridized carbons (Fsp3) is 0.771. The predicted molar refractivity (Wildman–Crippen MR) is 172 cm³/mol. The first-order chi connectivity index (χ1) is 19.7. The molecule has 1 aromatic rings. The van der Waals surface area contributed by atoms with E-state index < -0.39 is 5.41 Å². The maximum absolute atomic E-state index is 13.9. The monoisotopic (exact) mass is 585 g/mol. The van der Waals surface area contributed by atoms with Gasteiger partial charge in [0, 0.05) is 41.4 Å². The quantitative estimate of drug-likeness (QED) is 0.337. The number of amides is 2. The van der Waals surface area contributed by atoms with Crippen molar-refractivity contribution < 1.29 is 9.59 Å². The number of hydrogen-bond donors (Lipinski definition) is 2. The average Bonchev–Trinajstić information content (AvgIpc) is 2.94. The molecule has 2 saturated carbocycles. The molecule has 1 aliphatic heterocycles. The third kappa shape index (κ3) is 7.43. The van der Waals surface area contributed by atoms with Crippen LogP contribution in [0.1, 0.15) is 134 Å². The molecule has 0 aromatic heterocycles. The Hall–Kier alpha value is -1.75. The van der Waals surface area contributed by atoms with Gasteiger partial charge in [-0.15, -0.1) is 0 Å². The van der Waals surface area contributed by atoms with Gasteiger partial charge in [-0.25, -0.2) is 0 Å². The number of hydrogen-bond acceptors (Lipinski definition) is 3. The van der Waals surface area contributed by atoms with Crippen molar-refractivity contribution in [3.8, 4) is 0 Å². The van der Waals surface area contributed by atoms with Crippen molar-refractivity contribution in [2.24, 2.45) is 23.2 Å². The summed E-state index contributed by atoms with van der Waals surface area (Å²) in [7, 11) is 0. The summed E-state index contributed by atoms with van der Waals surface area (Å²) in [6, 6.07) is 4.50. The molecule has 41 heavy (non-hydrogen) atoms. The lowest BCUT2D eigenvalue weighted by molar-refractivity contribution is -0.143. The van der Waals surface area contributed by atoms with E-state index in [2.05, 4.69) is 50.2 Å².